The first-order valence-electron chi connectivity index (χ1n) is 10.6. The van der Waals surface area contributed by atoms with Crippen LogP contribution in [0.5, 0.6) is 0 Å². The molecule has 2 aromatic carbocycles. The van der Waals surface area contributed by atoms with Gasteiger partial charge < -0.3 is 14.6 Å². The Morgan fingerprint density at radius 1 is 1.06 bits per heavy atom. The molecular weight excluding hydrogens is 500 g/mol. The van der Waals surface area contributed by atoms with Crippen molar-refractivity contribution >= 4 is 27.6 Å². The quantitative estimate of drug-likeness (QED) is 0.469. The van der Waals surface area contributed by atoms with Crippen molar-refractivity contribution in [2.45, 2.75) is 14.9 Å². The fourth-order valence-electron chi connectivity index (χ4n) is 3.63. The van der Waals surface area contributed by atoms with E-state index in [0.29, 0.717) is 49.3 Å². The SMILES string of the molecule is CN1CCN(S(=O)(=O)c2cccc(-c3nnc(Sc4c(F)cc(C(=O)CO)cc4F)n3C)c2)CC1. The summed E-state index contributed by atoms with van der Waals surface area (Å²) in [4.78, 5) is 13.4. The van der Waals surface area contributed by atoms with Gasteiger partial charge in [0.05, 0.1) is 9.79 Å². The van der Waals surface area contributed by atoms with Crippen LogP contribution in [0.15, 0.2) is 51.3 Å². The molecule has 1 aliphatic rings. The number of rotatable bonds is 7. The van der Waals surface area contributed by atoms with Crippen LogP contribution < -0.4 is 0 Å². The van der Waals surface area contributed by atoms with E-state index in [1.54, 1.807) is 19.2 Å². The third-order valence-electron chi connectivity index (χ3n) is 5.68. The molecule has 13 heteroatoms. The lowest BCUT2D eigenvalue weighted by atomic mass is 10.1. The Kier molecular flexibility index (Phi) is 7.33. The molecule has 1 N–H and O–H groups in total. The van der Waals surface area contributed by atoms with Gasteiger partial charge in [0.15, 0.2) is 16.8 Å². The van der Waals surface area contributed by atoms with Gasteiger partial charge in [0.2, 0.25) is 10.0 Å². The number of halogens is 2. The Labute approximate surface area is 205 Å². The first-order valence-corrected chi connectivity index (χ1v) is 12.9. The number of aliphatic hydroxyl groups is 1. The van der Waals surface area contributed by atoms with Crippen LogP contribution in [0.4, 0.5) is 8.78 Å². The topological polar surface area (TPSA) is 109 Å². The number of benzene rings is 2. The molecule has 3 aromatic rings. The summed E-state index contributed by atoms with van der Waals surface area (Å²) in [7, 11) is -0.160. The molecule has 0 saturated carbocycles. The molecular formula is C22H23F2N5O4S2. The van der Waals surface area contributed by atoms with E-state index in [1.807, 2.05) is 7.05 Å². The summed E-state index contributed by atoms with van der Waals surface area (Å²) in [5, 5.41) is 17.2. The van der Waals surface area contributed by atoms with E-state index >= 15 is 0 Å². The predicted octanol–water partition coefficient (Wildman–Crippen LogP) is 2.02. The number of Topliss-reactive ketones (excluding diaryl/α,β-unsaturated/α-hetero) is 1. The number of aromatic nitrogens is 3. The fraction of sp³-hybridized carbons (Fsp3) is 0.318. The van der Waals surface area contributed by atoms with Gasteiger partial charge in [0.25, 0.3) is 0 Å². The molecule has 0 bridgehead atoms. The highest BCUT2D eigenvalue weighted by molar-refractivity contribution is 7.99. The van der Waals surface area contributed by atoms with Gasteiger partial charge in [-0.05, 0) is 43.1 Å². The molecule has 1 aliphatic heterocycles. The summed E-state index contributed by atoms with van der Waals surface area (Å²) in [6, 6.07) is 8.02. The van der Waals surface area contributed by atoms with Gasteiger partial charge in [-0.15, -0.1) is 10.2 Å². The van der Waals surface area contributed by atoms with E-state index in [4.69, 9.17) is 5.11 Å². The van der Waals surface area contributed by atoms with Gasteiger partial charge in [0.1, 0.15) is 18.2 Å². The first kappa shape index (κ1) is 25.4. The number of sulfonamides is 1. The average molecular weight is 524 g/mol. The second-order valence-electron chi connectivity index (χ2n) is 8.05. The van der Waals surface area contributed by atoms with Gasteiger partial charge in [-0.3, -0.25) is 4.79 Å². The number of hydrogen-bond donors (Lipinski definition) is 1. The predicted molar refractivity (Wildman–Crippen MR) is 125 cm³/mol. The summed E-state index contributed by atoms with van der Waals surface area (Å²) < 4.78 is 58.2. The molecule has 0 unspecified atom stereocenters. The van der Waals surface area contributed by atoms with E-state index < -0.39 is 34.0 Å². The molecule has 0 amide bonds. The van der Waals surface area contributed by atoms with Crippen molar-refractivity contribution in [1.29, 1.82) is 0 Å². The maximum Gasteiger partial charge on any atom is 0.243 e. The number of carbonyl (C=O) groups is 1. The van der Waals surface area contributed by atoms with Crippen LogP contribution in [0, 0.1) is 11.6 Å². The van der Waals surface area contributed by atoms with Gasteiger partial charge in [0, 0.05) is 44.4 Å². The highest BCUT2D eigenvalue weighted by Gasteiger charge is 2.28. The number of ketones is 1. The zero-order chi connectivity index (χ0) is 25.3. The molecule has 35 heavy (non-hydrogen) atoms. The maximum atomic E-state index is 14.5. The summed E-state index contributed by atoms with van der Waals surface area (Å²) in [6.07, 6.45) is 0. The van der Waals surface area contributed by atoms with Crippen LogP contribution in [0.1, 0.15) is 10.4 Å². The number of hydrogen-bond acceptors (Lipinski definition) is 8. The highest BCUT2D eigenvalue weighted by Crippen LogP contribution is 2.33. The van der Waals surface area contributed by atoms with Crippen LogP contribution in [0.2, 0.25) is 0 Å². The molecule has 2 heterocycles. The lowest BCUT2D eigenvalue weighted by Crippen LogP contribution is -2.47. The second kappa shape index (κ2) is 10.1. The van der Waals surface area contributed by atoms with E-state index in [2.05, 4.69) is 15.1 Å². The average Bonchev–Trinajstić information content (AvgIpc) is 3.21. The van der Waals surface area contributed by atoms with Crippen molar-refractivity contribution in [2.24, 2.45) is 7.05 Å². The first-order chi connectivity index (χ1) is 16.6. The zero-order valence-electron chi connectivity index (χ0n) is 19.0. The molecule has 9 nitrogen and oxygen atoms in total. The molecule has 0 radical (unpaired) electrons. The van der Waals surface area contributed by atoms with Crippen LogP contribution in [0.25, 0.3) is 11.4 Å². The molecule has 0 spiro atoms. The number of aliphatic hydroxyl groups excluding tert-OH is 1. The standard InChI is InChI=1S/C22H23F2N5O4S2/c1-27-6-8-29(9-7-27)35(32,33)16-5-3-4-14(10-16)21-25-26-22(28(21)2)34-20-17(23)11-15(12-18(20)24)19(31)13-30/h3-5,10-12,30H,6-9,13H2,1-2H3. The third kappa shape index (κ3) is 5.14. The second-order valence-corrected chi connectivity index (χ2v) is 11.0. The van der Waals surface area contributed by atoms with E-state index in [-0.39, 0.29) is 20.5 Å². The van der Waals surface area contributed by atoms with Crippen molar-refractivity contribution in [3.8, 4) is 11.4 Å². The Hall–Kier alpha value is -2.71. The lowest BCUT2D eigenvalue weighted by Gasteiger charge is -2.31. The molecule has 1 saturated heterocycles. The molecule has 1 aromatic heterocycles. The maximum absolute atomic E-state index is 14.5. The van der Waals surface area contributed by atoms with E-state index in [1.165, 1.54) is 21.0 Å². The summed E-state index contributed by atoms with van der Waals surface area (Å²) in [6.45, 7) is 1.22. The molecule has 4 rings (SSSR count). The van der Waals surface area contributed by atoms with E-state index in [9.17, 15) is 22.0 Å². The third-order valence-corrected chi connectivity index (χ3v) is 8.71. The van der Waals surface area contributed by atoms with Crippen molar-refractivity contribution in [1.82, 2.24) is 24.0 Å². The molecule has 0 atom stereocenters. The molecule has 1 fully saturated rings. The Morgan fingerprint density at radius 2 is 1.71 bits per heavy atom. The smallest absolute Gasteiger partial charge is 0.243 e. The van der Waals surface area contributed by atoms with Crippen molar-refractivity contribution in [3.63, 3.8) is 0 Å². The minimum absolute atomic E-state index is 0.123. The van der Waals surface area contributed by atoms with Crippen LogP contribution in [-0.2, 0) is 17.1 Å². The summed E-state index contributed by atoms with van der Waals surface area (Å²) in [5.74, 6) is -2.43. The highest BCUT2D eigenvalue weighted by atomic mass is 32.2. The Bertz CT molecular complexity index is 1350. The monoisotopic (exact) mass is 523 g/mol. The zero-order valence-corrected chi connectivity index (χ0v) is 20.6. The van der Waals surface area contributed by atoms with E-state index in [0.717, 1.165) is 12.1 Å². The normalized spacial score (nSPS) is 15.5. The van der Waals surface area contributed by atoms with Crippen LogP contribution in [0.3, 0.4) is 0 Å². The number of likely N-dealkylation sites (N-methyl/N-ethyl adjacent to an activating group) is 1. The fourth-order valence-corrected chi connectivity index (χ4v) is 5.90. The van der Waals surface area contributed by atoms with Gasteiger partial charge in [-0.25, -0.2) is 17.2 Å². The van der Waals surface area contributed by atoms with Gasteiger partial charge in [-0.1, -0.05) is 12.1 Å². The van der Waals surface area contributed by atoms with Crippen molar-refractivity contribution in [3.05, 3.63) is 53.6 Å². The summed E-state index contributed by atoms with van der Waals surface area (Å²) in [5.41, 5.74) is 0.204. The minimum atomic E-state index is -3.70. The molecule has 0 aliphatic carbocycles. The minimum Gasteiger partial charge on any atom is -0.388 e. The van der Waals surface area contributed by atoms with Crippen molar-refractivity contribution < 1.29 is 27.1 Å². The van der Waals surface area contributed by atoms with Crippen molar-refractivity contribution in [2.75, 3.05) is 39.8 Å². The molecule has 186 valence electrons. The Balaban J connectivity index is 1.61. The van der Waals surface area contributed by atoms with Crippen LogP contribution >= 0.6 is 11.8 Å². The number of piperazine rings is 1. The number of nitrogens with zero attached hydrogens (tertiary/aromatic N) is 5. The van der Waals surface area contributed by atoms with Gasteiger partial charge in [-0.2, -0.15) is 4.31 Å². The number of carbonyl (C=O) groups excluding carboxylic acids is 1. The van der Waals surface area contributed by atoms with Crippen LogP contribution in [-0.4, -0.2) is 83.1 Å². The lowest BCUT2D eigenvalue weighted by molar-refractivity contribution is 0.0902. The largest absolute Gasteiger partial charge is 0.388 e. The summed E-state index contributed by atoms with van der Waals surface area (Å²) >= 11 is 0.678. The Morgan fingerprint density at radius 3 is 2.34 bits per heavy atom. The van der Waals surface area contributed by atoms with Gasteiger partial charge >= 0.3 is 0 Å².